The quantitative estimate of drug-likeness (QED) is 0.810. The lowest BCUT2D eigenvalue weighted by Gasteiger charge is -2.34. The zero-order valence-electron chi connectivity index (χ0n) is 15.1. The van der Waals surface area contributed by atoms with E-state index in [1.807, 2.05) is 31.6 Å². The minimum absolute atomic E-state index is 0.00360. The molecular formula is C19H27N5O. The molecule has 1 saturated heterocycles. The number of benzene rings is 1. The molecule has 0 spiro atoms. The smallest absolute Gasteiger partial charge is 0.251 e. The number of aryl methyl sites for hydroxylation is 2. The summed E-state index contributed by atoms with van der Waals surface area (Å²) in [5, 5.41) is 7.15. The van der Waals surface area contributed by atoms with E-state index in [0.717, 1.165) is 44.6 Å². The van der Waals surface area contributed by atoms with Crippen LogP contribution in [0.3, 0.4) is 0 Å². The van der Waals surface area contributed by atoms with Crippen molar-refractivity contribution >= 4 is 11.6 Å². The monoisotopic (exact) mass is 341 g/mol. The van der Waals surface area contributed by atoms with Gasteiger partial charge in [0.2, 0.25) is 0 Å². The molecule has 1 fully saturated rings. The Morgan fingerprint density at radius 3 is 2.48 bits per heavy atom. The number of amides is 1. The van der Waals surface area contributed by atoms with Gasteiger partial charge in [-0.25, -0.2) is 0 Å². The topological polar surface area (TPSA) is 53.4 Å². The third-order valence-corrected chi connectivity index (χ3v) is 4.68. The van der Waals surface area contributed by atoms with Crippen LogP contribution < -0.4 is 10.2 Å². The average molecular weight is 341 g/mol. The van der Waals surface area contributed by atoms with Gasteiger partial charge in [0, 0.05) is 57.2 Å². The zero-order valence-corrected chi connectivity index (χ0v) is 15.1. The Kier molecular flexibility index (Phi) is 5.71. The summed E-state index contributed by atoms with van der Waals surface area (Å²) >= 11 is 0. The number of piperazine rings is 1. The number of hydrogen-bond acceptors (Lipinski definition) is 4. The molecule has 1 aliphatic heterocycles. The van der Waals surface area contributed by atoms with Crippen molar-refractivity contribution in [3.8, 4) is 0 Å². The predicted octanol–water partition coefficient (Wildman–Crippen LogP) is 1.53. The van der Waals surface area contributed by atoms with Crippen molar-refractivity contribution in [2.75, 3.05) is 44.7 Å². The number of likely N-dealkylation sites (N-methyl/N-ethyl adjacent to an activating group) is 1. The van der Waals surface area contributed by atoms with E-state index in [2.05, 4.69) is 39.4 Å². The van der Waals surface area contributed by atoms with Crippen LogP contribution in [0.15, 0.2) is 36.7 Å². The summed E-state index contributed by atoms with van der Waals surface area (Å²) in [6.45, 7) is 4.92. The lowest BCUT2D eigenvalue weighted by Crippen LogP contribution is -2.44. The average Bonchev–Trinajstić information content (AvgIpc) is 3.05. The molecule has 134 valence electrons. The largest absolute Gasteiger partial charge is 0.369 e. The predicted molar refractivity (Wildman–Crippen MR) is 100 cm³/mol. The van der Waals surface area contributed by atoms with Gasteiger partial charge >= 0.3 is 0 Å². The number of aromatic nitrogens is 2. The number of rotatable bonds is 6. The fourth-order valence-corrected chi connectivity index (χ4v) is 3.09. The molecule has 1 aromatic heterocycles. The molecule has 1 amide bonds. The Morgan fingerprint density at radius 1 is 1.12 bits per heavy atom. The van der Waals surface area contributed by atoms with Crippen LogP contribution in [0.5, 0.6) is 0 Å². The highest BCUT2D eigenvalue weighted by Gasteiger charge is 2.14. The van der Waals surface area contributed by atoms with Gasteiger partial charge in [0.15, 0.2) is 0 Å². The number of anilines is 1. The first-order chi connectivity index (χ1) is 12.1. The number of carbonyl (C=O) groups is 1. The molecule has 0 saturated carbocycles. The van der Waals surface area contributed by atoms with Gasteiger partial charge in [-0.2, -0.15) is 5.10 Å². The molecule has 0 bridgehead atoms. The normalized spacial score (nSPS) is 15.4. The molecule has 1 N–H and O–H groups in total. The summed E-state index contributed by atoms with van der Waals surface area (Å²) in [4.78, 5) is 17.0. The van der Waals surface area contributed by atoms with Crippen LogP contribution in [-0.2, 0) is 13.5 Å². The first kappa shape index (κ1) is 17.5. The SMILES string of the molecule is CN1CCN(c2ccc(C(=O)NCCCc3cnn(C)c3)cc2)CC1. The lowest BCUT2D eigenvalue weighted by atomic mass is 10.1. The molecule has 2 aromatic rings. The van der Waals surface area contributed by atoms with Crippen molar-refractivity contribution in [2.24, 2.45) is 7.05 Å². The Balaban J connectivity index is 1.44. The third kappa shape index (κ3) is 4.82. The van der Waals surface area contributed by atoms with E-state index in [9.17, 15) is 4.79 Å². The summed E-state index contributed by atoms with van der Waals surface area (Å²) in [5.74, 6) is -0.00360. The van der Waals surface area contributed by atoms with Crippen molar-refractivity contribution in [3.05, 3.63) is 47.8 Å². The van der Waals surface area contributed by atoms with Crippen LogP contribution in [0.1, 0.15) is 22.3 Å². The van der Waals surface area contributed by atoms with Gasteiger partial charge in [-0.3, -0.25) is 9.48 Å². The maximum absolute atomic E-state index is 12.2. The van der Waals surface area contributed by atoms with Gasteiger partial charge in [0.05, 0.1) is 6.20 Å². The molecule has 0 aliphatic carbocycles. The highest BCUT2D eigenvalue weighted by Crippen LogP contribution is 2.17. The molecule has 2 heterocycles. The van der Waals surface area contributed by atoms with Crippen LogP contribution in [0.4, 0.5) is 5.69 Å². The Bertz CT molecular complexity index is 686. The van der Waals surface area contributed by atoms with Crippen LogP contribution in [0.2, 0.25) is 0 Å². The molecule has 25 heavy (non-hydrogen) atoms. The van der Waals surface area contributed by atoms with E-state index in [4.69, 9.17) is 0 Å². The first-order valence-corrected chi connectivity index (χ1v) is 8.91. The minimum Gasteiger partial charge on any atom is -0.369 e. The number of hydrogen-bond donors (Lipinski definition) is 1. The zero-order chi connectivity index (χ0) is 17.6. The van der Waals surface area contributed by atoms with Gasteiger partial charge in [0.1, 0.15) is 0 Å². The Hall–Kier alpha value is -2.34. The summed E-state index contributed by atoms with van der Waals surface area (Å²) in [6, 6.07) is 7.94. The molecule has 0 atom stereocenters. The van der Waals surface area contributed by atoms with Crippen LogP contribution in [0.25, 0.3) is 0 Å². The number of nitrogens with zero attached hydrogens (tertiary/aromatic N) is 4. The third-order valence-electron chi connectivity index (χ3n) is 4.68. The van der Waals surface area contributed by atoms with Gasteiger partial charge in [0.25, 0.3) is 5.91 Å². The number of nitrogens with one attached hydrogen (secondary N) is 1. The van der Waals surface area contributed by atoms with E-state index < -0.39 is 0 Å². The van der Waals surface area contributed by atoms with Crippen molar-refractivity contribution < 1.29 is 4.79 Å². The molecule has 1 aliphatic rings. The fraction of sp³-hybridized carbons (Fsp3) is 0.474. The summed E-state index contributed by atoms with van der Waals surface area (Å²) in [5.41, 5.74) is 3.12. The second kappa shape index (κ2) is 8.16. The van der Waals surface area contributed by atoms with Gasteiger partial charge in [-0.05, 0) is 49.7 Å². The summed E-state index contributed by atoms with van der Waals surface area (Å²) in [6.07, 6.45) is 5.73. The van der Waals surface area contributed by atoms with E-state index in [-0.39, 0.29) is 5.91 Å². The van der Waals surface area contributed by atoms with Crippen LogP contribution in [-0.4, -0.2) is 60.4 Å². The maximum atomic E-state index is 12.2. The second-order valence-electron chi connectivity index (χ2n) is 6.72. The first-order valence-electron chi connectivity index (χ1n) is 8.91. The molecule has 0 radical (unpaired) electrons. The number of carbonyl (C=O) groups excluding carboxylic acids is 1. The highest BCUT2D eigenvalue weighted by atomic mass is 16.1. The standard InChI is InChI=1S/C19H27N5O/c1-22-10-12-24(13-11-22)18-7-5-17(6-8-18)19(25)20-9-3-4-16-14-21-23(2)15-16/h5-8,14-15H,3-4,9-13H2,1-2H3,(H,20,25). The Labute approximate surface area is 149 Å². The fourth-order valence-electron chi connectivity index (χ4n) is 3.09. The van der Waals surface area contributed by atoms with E-state index >= 15 is 0 Å². The van der Waals surface area contributed by atoms with Crippen molar-refractivity contribution in [1.82, 2.24) is 20.0 Å². The maximum Gasteiger partial charge on any atom is 0.251 e. The molecule has 6 nitrogen and oxygen atoms in total. The minimum atomic E-state index is -0.00360. The second-order valence-corrected chi connectivity index (χ2v) is 6.72. The highest BCUT2D eigenvalue weighted by molar-refractivity contribution is 5.94. The van der Waals surface area contributed by atoms with Crippen LogP contribution in [0, 0.1) is 0 Å². The van der Waals surface area contributed by atoms with Gasteiger partial charge < -0.3 is 15.1 Å². The van der Waals surface area contributed by atoms with E-state index in [1.54, 1.807) is 4.68 Å². The molecular weight excluding hydrogens is 314 g/mol. The molecule has 6 heteroatoms. The molecule has 1 aromatic carbocycles. The molecule has 3 rings (SSSR count). The summed E-state index contributed by atoms with van der Waals surface area (Å²) in [7, 11) is 4.07. The van der Waals surface area contributed by atoms with Gasteiger partial charge in [-0.1, -0.05) is 0 Å². The molecule has 0 unspecified atom stereocenters. The van der Waals surface area contributed by atoms with Gasteiger partial charge in [-0.15, -0.1) is 0 Å². The van der Waals surface area contributed by atoms with Crippen LogP contribution >= 0.6 is 0 Å². The van der Waals surface area contributed by atoms with Crippen molar-refractivity contribution in [1.29, 1.82) is 0 Å². The van der Waals surface area contributed by atoms with Crippen molar-refractivity contribution in [3.63, 3.8) is 0 Å². The summed E-state index contributed by atoms with van der Waals surface area (Å²) < 4.78 is 1.80. The van der Waals surface area contributed by atoms with E-state index in [0.29, 0.717) is 6.54 Å². The van der Waals surface area contributed by atoms with Crippen molar-refractivity contribution in [2.45, 2.75) is 12.8 Å². The van der Waals surface area contributed by atoms with E-state index in [1.165, 1.54) is 11.3 Å². The lowest BCUT2D eigenvalue weighted by molar-refractivity contribution is 0.0953. The Morgan fingerprint density at radius 2 is 1.84 bits per heavy atom.